The number of nitrogens with zero attached hydrogens (tertiary/aromatic N) is 2. The number of ketones is 1. The maximum Gasteiger partial charge on any atom is 0.178 e. The summed E-state index contributed by atoms with van der Waals surface area (Å²) in [6, 6.07) is 7.49. The van der Waals surface area contributed by atoms with Gasteiger partial charge in [0.1, 0.15) is 17.4 Å². The highest BCUT2D eigenvalue weighted by Gasteiger charge is 2.47. The Morgan fingerprint density at radius 3 is 2.68 bits per heavy atom. The van der Waals surface area contributed by atoms with Crippen molar-refractivity contribution in [2.45, 2.75) is 32.8 Å². The highest BCUT2D eigenvalue weighted by atomic mass is 16.5. The monoisotopic (exact) mass is 294 g/mol. The van der Waals surface area contributed by atoms with E-state index < -0.39 is 11.0 Å². The molecule has 0 amide bonds. The molecule has 0 N–H and O–H groups in total. The summed E-state index contributed by atoms with van der Waals surface area (Å²) in [4.78, 5) is 16.8. The van der Waals surface area contributed by atoms with Gasteiger partial charge in [0.2, 0.25) is 0 Å². The SMILES string of the molecule is CC#Cc1cccc(C2(OC)C=C(C#N)C(=O)C(C)(C)C2)n1. The zero-order chi connectivity index (χ0) is 16.4. The molecule has 1 heterocycles. The summed E-state index contributed by atoms with van der Waals surface area (Å²) in [6.07, 6.45) is 2.02. The van der Waals surface area contributed by atoms with Gasteiger partial charge < -0.3 is 4.74 Å². The van der Waals surface area contributed by atoms with Crippen molar-refractivity contribution in [1.82, 2.24) is 4.98 Å². The summed E-state index contributed by atoms with van der Waals surface area (Å²) in [5.41, 5.74) is -0.175. The van der Waals surface area contributed by atoms with E-state index in [1.807, 2.05) is 38.1 Å². The molecule has 0 saturated heterocycles. The number of carbonyl (C=O) groups excluding carboxylic acids is 1. The minimum atomic E-state index is -0.895. The number of ether oxygens (including phenoxy) is 1. The first kappa shape index (κ1) is 15.9. The van der Waals surface area contributed by atoms with Crippen molar-refractivity contribution >= 4 is 5.78 Å². The predicted molar refractivity (Wildman–Crippen MR) is 82.6 cm³/mol. The van der Waals surface area contributed by atoms with Gasteiger partial charge in [-0.1, -0.05) is 25.8 Å². The number of pyridine rings is 1. The van der Waals surface area contributed by atoms with Gasteiger partial charge in [0.25, 0.3) is 0 Å². The molecule has 1 atom stereocenters. The van der Waals surface area contributed by atoms with E-state index in [-0.39, 0.29) is 11.4 Å². The Balaban J connectivity index is 2.64. The molecule has 112 valence electrons. The van der Waals surface area contributed by atoms with Gasteiger partial charge in [-0.3, -0.25) is 4.79 Å². The van der Waals surface area contributed by atoms with Crippen LogP contribution in [-0.4, -0.2) is 17.9 Å². The summed E-state index contributed by atoms with van der Waals surface area (Å²) >= 11 is 0. The standard InChI is InChI=1S/C18H18N2O2/c1-5-7-14-8-6-9-15(20-14)18(22-4)10-13(11-19)16(21)17(2,3)12-18/h6,8-10H,12H2,1-4H3. The second-order valence-corrected chi connectivity index (χ2v) is 5.94. The Kier molecular flexibility index (Phi) is 4.17. The Bertz CT molecular complexity index is 744. The van der Waals surface area contributed by atoms with Crippen LogP contribution in [0.15, 0.2) is 29.8 Å². The molecule has 1 aromatic heterocycles. The third kappa shape index (κ3) is 2.66. The van der Waals surface area contributed by atoms with Crippen LogP contribution in [0.3, 0.4) is 0 Å². The highest BCUT2D eigenvalue weighted by molar-refractivity contribution is 6.03. The summed E-state index contributed by atoms with van der Waals surface area (Å²) in [6.45, 7) is 5.39. The number of nitriles is 1. The first-order chi connectivity index (χ1) is 10.4. The van der Waals surface area contributed by atoms with E-state index in [1.54, 1.807) is 20.1 Å². The first-order valence-electron chi connectivity index (χ1n) is 7.02. The lowest BCUT2D eigenvalue weighted by atomic mass is 9.68. The minimum absolute atomic E-state index is 0.117. The Labute approximate surface area is 130 Å². The molecule has 1 aliphatic carbocycles. The number of rotatable bonds is 2. The molecule has 0 fully saturated rings. The van der Waals surface area contributed by atoms with E-state index in [9.17, 15) is 10.1 Å². The predicted octanol–water partition coefficient (Wildman–Crippen LogP) is 2.74. The van der Waals surface area contributed by atoms with Crippen LogP contribution in [0.5, 0.6) is 0 Å². The van der Waals surface area contributed by atoms with Gasteiger partial charge in [0, 0.05) is 12.5 Å². The zero-order valence-electron chi connectivity index (χ0n) is 13.2. The van der Waals surface area contributed by atoms with Crippen LogP contribution in [0.1, 0.15) is 38.6 Å². The molecule has 4 heteroatoms. The van der Waals surface area contributed by atoms with Gasteiger partial charge in [-0.15, -0.1) is 0 Å². The normalized spacial score (nSPS) is 23.0. The molecule has 1 unspecified atom stereocenters. The average Bonchev–Trinajstić information content (AvgIpc) is 2.50. The molecule has 0 aromatic carbocycles. The van der Waals surface area contributed by atoms with Crippen molar-refractivity contribution in [1.29, 1.82) is 5.26 Å². The number of allylic oxidation sites excluding steroid dienone is 1. The Morgan fingerprint density at radius 2 is 2.09 bits per heavy atom. The quantitative estimate of drug-likeness (QED) is 0.787. The van der Waals surface area contributed by atoms with E-state index in [4.69, 9.17) is 4.74 Å². The number of aromatic nitrogens is 1. The lowest BCUT2D eigenvalue weighted by Crippen LogP contribution is -2.42. The second-order valence-electron chi connectivity index (χ2n) is 5.94. The van der Waals surface area contributed by atoms with Gasteiger partial charge in [-0.05, 0) is 37.5 Å². The third-order valence-corrected chi connectivity index (χ3v) is 3.86. The minimum Gasteiger partial charge on any atom is -0.368 e. The molecule has 4 nitrogen and oxygen atoms in total. The van der Waals surface area contributed by atoms with Gasteiger partial charge in [0.05, 0.1) is 11.3 Å². The molecule has 0 saturated carbocycles. The Morgan fingerprint density at radius 1 is 1.36 bits per heavy atom. The fourth-order valence-electron chi connectivity index (χ4n) is 2.80. The molecule has 2 rings (SSSR count). The number of Topliss-reactive ketones (excluding diaryl/α,β-unsaturated/α-hetero) is 1. The number of carbonyl (C=O) groups is 1. The number of hydrogen-bond donors (Lipinski definition) is 0. The average molecular weight is 294 g/mol. The maximum atomic E-state index is 12.3. The lowest BCUT2D eigenvalue weighted by Gasteiger charge is -2.39. The molecule has 0 bridgehead atoms. The molecule has 0 radical (unpaired) electrons. The maximum absolute atomic E-state index is 12.3. The van der Waals surface area contributed by atoms with Crippen LogP contribution in [0.2, 0.25) is 0 Å². The van der Waals surface area contributed by atoms with E-state index in [1.165, 1.54) is 0 Å². The van der Waals surface area contributed by atoms with Gasteiger partial charge in [0.15, 0.2) is 5.78 Å². The van der Waals surface area contributed by atoms with Crippen molar-refractivity contribution in [2.75, 3.05) is 7.11 Å². The van der Waals surface area contributed by atoms with Crippen molar-refractivity contribution in [3.05, 3.63) is 41.2 Å². The largest absolute Gasteiger partial charge is 0.368 e. The summed E-state index contributed by atoms with van der Waals surface area (Å²) in [5.74, 6) is 5.57. The van der Waals surface area contributed by atoms with Crippen molar-refractivity contribution in [3.8, 4) is 17.9 Å². The van der Waals surface area contributed by atoms with E-state index >= 15 is 0 Å². The summed E-state index contributed by atoms with van der Waals surface area (Å²) in [7, 11) is 1.57. The number of hydrogen-bond acceptors (Lipinski definition) is 4. The van der Waals surface area contributed by atoms with E-state index in [0.717, 1.165) is 0 Å². The fraction of sp³-hybridized carbons (Fsp3) is 0.389. The fourth-order valence-corrected chi connectivity index (χ4v) is 2.80. The van der Waals surface area contributed by atoms with E-state index in [2.05, 4.69) is 16.8 Å². The molecular formula is C18H18N2O2. The molecule has 0 spiro atoms. The van der Waals surface area contributed by atoms with E-state index in [0.29, 0.717) is 17.8 Å². The molecular weight excluding hydrogens is 276 g/mol. The van der Waals surface area contributed by atoms with Gasteiger partial charge in [-0.25, -0.2) is 4.98 Å². The van der Waals surface area contributed by atoms with Crippen LogP contribution in [0, 0.1) is 28.6 Å². The first-order valence-corrected chi connectivity index (χ1v) is 7.02. The van der Waals surface area contributed by atoms with Crippen LogP contribution in [-0.2, 0) is 15.1 Å². The Hall–Kier alpha value is -2.43. The second kappa shape index (κ2) is 5.75. The number of methoxy groups -OCH3 is 1. The summed E-state index contributed by atoms with van der Waals surface area (Å²) < 4.78 is 5.72. The highest BCUT2D eigenvalue weighted by Crippen LogP contribution is 2.44. The zero-order valence-corrected chi connectivity index (χ0v) is 13.2. The lowest BCUT2D eigenvalue weighted by molar-refractivity contribution is -0.128. The molecule has 22 heavy (non-hydrogen) atoms. The van der Waals surface area contributed by atoms with Crippen LogP contribution >= 0.6 is 0 Å². The van der Waals surface area contributed by atoms with Crippen molar-refractivity contribution in [3.63, 3.8) is 0 Å². The molecule has 1 aromatic rings. The third-order valence-electron chi connectivity index (χ3n) is 3.86. The topological polar surface area (TPSA) is 63.0 Å². The van der Waals surface area contributed by atoms with Crippen LogP contribution in [0.4, 0.5) is 0 Å². The van der Waals surface area contributed by atoms with Crippen molar-refractivity contribution in [2.24, 2.45) is 5.41 Å². The van der Waals surface area contributed by atoms with Crippen LogP contribution < -0.4 is 0 Å². The van der Waals surface area contributed by atoms with Gasteiger partial charge in [-0.2, -0.15) is 5.26 Å². The smallest absolute Gasteiger partial charge is 0.178 e. The summed E-state index contributed by atoms with van der Waals surface area (Å²) in [5, 5.41) is 9.27. The van der Waals surface area contributed by atoms with Crippen LogP contribution in [0.25, 0.3) is 0 Å². The van der Waals surface area contributed by atoms with Crippen molar-refractivity contribution < 1.29 is 9.53 Å². The molecule has 1 aliphatic rings. The molecule has 0 aliphatic heterocycles. The van der Waals surface area contributed by atoms with Gasteiger partial charge >= 0.3 is 0 Å².